The number of para-hydroxylation sites is 1. The summed E-state index contributed by atoms with van der Waals surface area (Å²) in [5.41, 5.74) is 1.39. The minimum Gasteiger partial charge on any atom is -0.497 e. The maximum absolute atomic E-state index is 12.9. The quantitative estimate of drug-likeness (QED) is 0.427. The van der Waals surface area contributed by atoms with E-state index in [-0.39, 0.29) is 22.7 Å². The first-order chi connectivity index (χ1) is 15.9. The molecule has 1 N–H and O–H groups in total. The minimum absolute atomic E-state index is 0.0744. The van der Waals surface area contributed by atoms with Crippen molar-refractivity contribution in [3.63, 3.8) is 0 Å². The fourth-order valence-electron chi connectivity index (χ4n) is 3.19. The molecule has 7 nitrogen and oxygen atoms in total. The monoisotopic (exact) mass is 477 g/mol. The normalized spacial score (nSPS) is 11.8. The number of nitrogens with zero attached hydrogens (tertiary/aromatic N) is 2. The van der Waals surface area contributed by atoms with Crippen LogP contribution >= 0.6 is 11.3 Å². The third-order valence-corrected chi connectivity index (χ3v) is 7.22. The Morgan fingerprint density at radius 3 is 2.61 bits per heavy atom. The van der Waals surface area contributed by atoms with Crippen molar-refractivity contribution in [3.8, 4) is 18.1 Å². The highest BCUT2D eigenvalue weighted by molar-refractivity contribution is 7.92. The van der Waals surface area contributed by atoms with Gasteiger partial charge in [-0.25, -0.2) is 8.42 Å². The number of anilines is 1. The van der Waals surface area contributed by atoms with Gasteiger partial charge in [-0.05, 0) is 54.6 Å². The molecule has 1 amide bonds. The van der Waals surface area contributed by atoms with Crippen molar-refractivity contribution in [3.05, 3.63) is 83.2 Å². The Bertz CT molecular complexity index is 1540. The van der Waals surface area contributed by atoms with E-state index >= 15 is 0 Å². The largest absolute Gasteiger partial charge is 0.497 e. The summed E-state index contributed by atoms with van der Waals surface area (Å²) < 4.78 is 35.7. The van der Waals surface area contributed by atoms with E-state index in [4.69, 9.17) is 11.2 Å². The van der Waals surface area contributed by atoms with Crippen LogP contribution in [-0.4, -0.2) is 26.0 Å². The lowest BCUT2D eigenvalue weighted by molar-refractivity contribution is 0.0998. The first kappa shape index (κ1) is 22.3. The summed E-state index contributed by atoms with van der Waals surface area (Å²) in [6, 6.07) is 19.8. The van der Waals surface area contributed by atoms with Crippen LogP contribution in [0, 0.1) is 12.3 Å². The van der Waals surface area contributed by atoms with Gasteiger partial charge in [0.1, 0.15) is 5.75 Å². The van der Waals surface area contributed by atoms with Crippen LogP contribution in [-0.2, 0) is 16.6 Å². The molecule has 3 aromatic carbocycles. The van der Waals surface area contributed by atoms with E-state index < -0.39 is 15.9 Å². The highest BCUT2D eigenvalue weighted by Crippen LogP contribution is 2.21. The Kier molecular flexibility index (Phi) is 6.31. The Morgan fingerprint density at radius 2 is 1.88 bits per heavy atom. The van der Waals surface area contributed by atoms with Gasteiger partial charge in [-0.1, -0.05) is 35.5 Å². The number of fused-ring (bicyclic) bond motifs is 1. The van der Waals surface area contributed by atoms with Gasteiger partial charge in [0.2, 0.25) is 0 Å². The van der Waals surface area contributed by atoms with E-state index in [1.54, 1.807) is 34.9 Å². The van der Waals surface area contributed by atoms with Gasteiger partial charge in [0.05, 0.1) is 28.8 Å². The molecule has 0 saturated heterocycles. The molecule has 0 saturated carbocycles. The van der Waals surface area contributed by atoms with Gasteiger partial charge in [0.25, 0.3) is 15.9 Å². The fraction of sp³-hybridized carbons (Fsp3) is 0.0833. The number of sulfonamides is 1. The van der Waals surface area contributed by atoms with Crippen molar-refractivity contribution < 1.29 is 17.9 Å². The molecule has 0 radical (unpaired) electrons. The first-order valence-electron chi connectivity index (χ1n) is 9.79. The fourth-order valence-corrected chi connectivity index (χ4v) is 5.26. The number of hydrogen-bond acceptors (Lipinski definition) is 5. The molecule has 33 heavy (non-hydrogen) atoms. The van der Waals surface area contributed by atoms with Crippen LogP contribution in [0.25, 0.3) is 10.2 Å². The molecule has 0 fully saturated rings. The molecule has 0 bridgehead atoms. The van der Waals surface area contributed by atoms with E-state index in [1.807, 2.05) is 24.3 Å². The third-order valence-electron chi connectivity index (χ3n) is 4.77. The Hall–Kier alpha value is -3.87. The zero-order valence-corrected chi connectivity index (χ0v) is 19.2. The Morgan fingerprint density at radius 1 is 1.12 bits per heavy atom. The molecule has 0 aliphatic carbocycles. The van der Waals surface area contributed by atoms with Gasteiger partial charge < -0.3 is 9.30 Å². The smallest absolute Gasteiger partial charge is 0.279 e. The highest BCUT2D eigenvalue weighted by Gasteiger charge is 2.16. The van der Waals surface area contributed by atoms with Gasteiger partial charge in [-0.2, -0.15) is 4.99 Å². The van der Waals surface area contributed by atoms with E-state index in [0.717, 1.165) is 10.2 Å². The molecule has 0 unspecified atom stereocenters. The van der Waals surface area contributed by atoms with Crippen molar-refractivity contribution in [2.24, 2.45) is 4.99 Å². The standard InChI is InChI=1S/C24H19N3O4S2/c1-3-15-27-21-9-4-5-10-22(21)32-24(27)25-23(28)17-7-6-8-18(16-17)26-33(29,30)20-13-11-19(31-2)12-14-20/h1,4-14,16,26H,15H2,2H3. The van der Waals surface area contributed by atoms with Crippen molar-refractivity contribution in [1.29, 1.82) is 0 Å². The summed E-state index contributed by atoms with van der Waals surface area (Å²) >= 11 is 1.36. The SMILES string of the molecule is C#CCn1c(=NC(=O)c2cccc(NS(=O)(=O)c3ccc(OC)cc3)c2)sc2ccccc21. The Labute approximate surface area is 195 Å². The second kappa shape index (κ2) is 9.32. The summed E-state index contributed by atoms with van der Waals surface area (Å²) in [6.07, 6.45) is 5.50. The van der Waals surface area contributed by atoms with Crippen LogP contribution in [0.3, 0.4) is 0 Å². The average molecular weight is 478 g/mol. The predicted octanol–water partition coefficient (Wildman–Crippen LogP) is 3.89. The topological polar surface area (TPSA) is 89.8 Å². The van der Waals surface area contributed by atoms with Crippen molar-refractivity contribution >= 4 is 43.2 Å². The third kappa shape index (κ3) is 4.82. The van der Waals surface area contributed by atoms with Crippen LogP contribution in [0.15, 0.2) is 82.7 Å². The van der Waals surface area contributed by atoms with Crippen molar-refractivity contribution in [1.82, 2.24) is 4.57 Å². The molecular formula is C24H19N3O4S2. The zero-order chi connectivity index (χ0) is 23.4. The molecule has 0 atom stereocenters. The molecule has 9 heteroatoms. The number of carbonyl (C=O) groups excluding carboxylic acids is 1. The number of terminal acetylenes is 1. The second-order valence-corrected chi connectivity index (χ2v) is 9.61. The molecule has 166 valence electrons. The average Bonchev–Trinajstić information content (AvgIpc) is 3.16. The number of nitrogens with one attached hydrogen (secondary N) is 1. The van der Waals surface area contributed by atoms with Gasteiger partial charge >= 0.3 is 0 Å². The molecule has 0 aliphatic heterocycles. The maximum atomic E-state index is 12.9. The van der Waals surface area contributed by atoms with Crippen LogP contribution in [0.4, 0.5) is 5.69 Å². The Balaban J connectivity index is 1.64. The number of carbonyl (C=O) groups is 1. The van der Waals surface area contributed by atoms with Gasteiger partial charge in [0, 0.05) is 11.3 Å². The molecule has 0 spiro atoms. The molecule has 4 aromatic rings. The number of methoxy groups -OCH3 is 1. The van der Waals surface area contributed by atoms with E-state index in [1.165, 1.54) is 36.6 Å². The lowest BCUT2D eigenvalue weighted by Gasteiger charge is -2.09. The molecule has 1 aromatic heterocycles. The minimum atomic E-state index is -3.84. The lowest BCUT2D eigenvalue weighted by Crippen LogP contribution is -2.17. The summed E-state index contributed by atoms with van der Waals surface area (Å²) in [5.74, 6) is 2.63. The summed E-state index contributed by atoms with van der Waals surface area (Å²) in [6.45, 7) is 0.276. The number of rotatable bonds is 6. The maximum Gasteiger partial charge on any atom is 0.279 e. The van der Waals surface area contributed by atoms with E-state index in [0.29, 0.717) is 10.6 Å². The number of amides is 1. The number of aromatic nitrogens is 1. The van der Waals surface area contributed by atoms with E-state index in [2.05, 4.69) is 15.6 Å². The lowest BCUT2D eigenvalue weighted by atomic mass is 10.2. The molecule has 4 rings (SSSR count). The summed E-state index contributed by atoms with van der Waals surface area (Å²) in [4.78, 5) is 17.7. The van der Waals surface area contributed by atoms with Gasteiger partial charge in [-0.3, -0.25) is 9.52 Å². The van der Waals surface area contributed by atoms with Gasteiger partial charge in [0.15, 0.2) is 4.80 Å². The van der Waals surface area contributed by atoms with Crippen LogP contribution in [0.1, 0.15) is 10.4 Å². The number of ether oxygens (including phenoxy) is 1. The number of hydrogen-bond donors (Lipinski definition) is 1. The molecule has 0 aliphatic rings. The van der Waals surface area contributed by atoms with Crippen LogP contribution in [0.2, 0.25) is 0 Å². The number of benzene rings is 3. The number of thiazole rings is 1. The predicted molar refractivity (Wildman–Crippen MR) is 129 cm³/mol. The molecule has 1 heterocycles. The van der Waals surface area contributed by atoms with Crippen LogP contribution < -0.4 is 14.3 Å². The van der Waals surface area contributed by atoms with Crippen molar-refractivity contribution in [2.75, 3.05) is 11.8 Å². The van der Waals surface area contributed by atoms with E-state index in [9.17, 15) is 13.2 Å². The second-order valence-electron chi connectivity index (χ2n) is 6.92. The summed E-state index contributed by atoms with van der Waals surface area (Å²) in [7, 11) is -2.34. The van der Waals surface area contributed by atoms with Crippen LogP contribution in [0.5, 0.6) is 5.75 Å². The van der Waals surface area contributed by atoms with Gasteiger partial charge in [-0.15, -0.1) is 6.42 Å². The molecular weight excluding hydrogens is 458 g/mol. The summed E-state index contributed by atoms with van der Waals surface area (Å²) in [5, 5.41) is 0. The zero-order valence-electron chi connectivity index (χ0n) is 17.6. The van der Waals surface area contributed by atoms with Crippen molar-refractivity contribution in [2.45, 2.75) is 11.4 Å². The highest BCUT2D eigenvalue weighted by atomic mass is 32.2. The first-order valence-corrected chi connectivity index (χ1v) is 12.1.